The number of halogens is 1. The van der Waals surface area contributed by atoms with Crippen LogP contribution in [0.2, 0.25) is 5.02 Å². The molecule has 0 aliphatic rings. The Kier molecular flexibility index (Phi) is 3.52. The average molecular weight is 301 g/mol. The van der Waals surface area contributed by atoms with Gasteiger partial charge in [-0.05, 0) is 43.4 Å². The number of rotatable bonds is 2. The summed E-state index contributed by atoms with van der Waals surface area (Å²) < 4.78 is 5.64. The van der Waals surface area contributed by atoms with Crippen molar-refractivity contribution < 1.29 is 9.52 Å². The molecule has 0 bridgehead atoms. The highest BCUT2D eigenvalue weighted by atomic mass is 35.5. The number of hydrogen-bond acceptors (Lipinski definition) is 2. The van der Waals surface area contributed by atoms with E-state index < -0.39 is 6.10 Å². The summed E-state index contributed by atoms with van der Waals surface area (Å²) >= 11 is 6.25. The lowest BCUT2D eigenvalue weighted by molar-refractivity contribution is 0.219. The van der Waals surface area contributed by atoms with Crippen LogP contribution in [0.25, 0.3) is 10.8 Å². The summed E-state index contributed by atoms with van der Waals surface area (Å²) in [5, 5.41) is 13.5. The quantitative estimate of drug-likeness (QED) is 0.715. The van der Waals surface area contributed by atoms with Gasteiger partial charge in [-0.1, -0.05) is 41.9 Å². The lowest BCUT2D eigenvalue weighted by Crippen LogP contribution is -2.03. The van der Waals surface area contributed by atoms with Crippen LogP contribution in [0.15, 0.2) is 40.8 Å². The highest BCUT2D eigenvalue weighted by Crippen LogP contribution is 2.36. The molecule has 1 aromatic heterocycles. The zero-order valence-electron chi connectivity index (χ0n) is 12.3. The minimum Gasteiger partial charge on any atom is -0.466 e. The maximum Gasteiger partial charge on any atom is 0.108 e. The van der Waals surface area contributed by atoms with Gasteiger partial charge in [-0.2, -0.15) is 0 Å². The van der Waals surface area contributed by atoms with Crippen molar-refractivity contribution in [1.82, 2.24) is 0 Å². The maximum atomic E-state index is 10.9. The molecule has 0 aliphatic carbocycles. The van der Waals surface area contributed by atoms with Crippen molar-refractivity contribution in [3.63, 3.8) is 0 Å². The van der Waals surface area contributed by atoms with Crippen LogP contribution >= 0.6 is 11.6 Å². The van der Waals surface area contributed by atoms with Gasteiger partial charge >= 0.3 is 0 Å². The molecule has 21 heavy (non-hydrogen) atoms. The van der Waals surface area contributed by atoms with Crippen LogP contribution in [0.5, 0.6) is 0 Å². The van der Waals surface area contributed by atoms with Gasteiger partial charge in [0.2, 0.25) is 0 Å². The molecule has 0 radical (unpaired) electrons. The molecule has 2 aromatic carbocycles. The fourth-order valence-corrected chi connectivity index (χ4v) is 3.12. The second-order valence-electron chi connectivity index (χ2n) is 5.34. The Balaban J connectivity index is 2.23. The molecular weight excluding hydrogens is 284 g/mol. The van der Waals surface area contributed by atoms with Gasteiger partial charge < -0.3 is 9.52 Å². The Morgan fingerprint density at radius 1 is 0.952 bits per heavy atom. The van der Waals surface area contributed by atoms with E-state index in [4.69, 9.17) is 16.0 Å². The van der Waals surface area contributed by atoms with E-state index in [1.54, 1.807) is 0 Å². The number of furan rings is 1. The number of aryl methyl sites for hydroxylation is 2. The third-order valence-corrected chi connectivity index (χ3v) is 4.42. The topological polar surface area (TPSA) is 33.4 Å². The summed E-state index contributed by atoms with van der Waals surface area (Å²) in [7, 11) is 0. The second kappa shape index (κ2) is 5.21. The molecule has 0 spiro atoms. The Bertz CT molecular complexity index is 817. The van der Waals surface area contributed by atoms with E-state index in [0.29, 0.717) is 5.02 Å². The Morgan fingerprint density at radius 2 is 1.62 bits per heavy atom. The molecular formula is C18H17ClO2. The SMILES string of the molecule is Cc1oc(C)c(C(O)c2ccc(Cl)c3ccccc23)c1C. The van der Waals surface area contributed by atoms with Crippen LogP contribution in [0.3, 0.4) is 0 Å². The predicted octanol–water partition coefficient (Wildman–Crippen LogP) is 5.09. The molecule has 3 aromatic rings. The standard InChI is InChI=1S/C18H17ClO2/c1-10-11(2)21-12(3)17(10)18(20)15-8-9-16(19)14-7-5-4-6-13(14)15/h4-9,18,20H,1-3H3. The first-order chi connectivity index (χ1) is 10.0. The van der Waals surface area contributed by atoms with E-state index in [1.807, 2.05) is 57.2 Å². The Morgan fingerprint density at radius 3 is 2.24 bits per heavy atom. The molecule has 0 saturated heterocycles. The van der Waals surface area contributed by atoms with Crippen molar-refractivity contribution in [3.8, 4) is 0 Å². The van der Waals surface area contributed by atoms with Gasteiger partial charge in [-0.25, -0.2) is 0 Å². The molecule has 0 amide bonds. The normalized spacial score (nSPS) is 12.8. The zero-order valence-corrected chi connectivity index (χ0v) is 13.0. The smallest absolute Gasteiger partial charge is 0.108 e. The van der Waals surface area contributed by atoms with E-state index in [2.05, 4.69) is 0 Å². The molecule has 108 valence electrons. The Labute approximate surface area is 129 Å². The molecule has 2 nitrogen and oxygen atoms in total. The molecule has 0 aliphatic heterocycles. The van der Waals surface area contributed by atoms with E-state index >= 15 is 0 Å². The van der Waals surface area contributed by atoms with E-state index in [9.17, 15) is 5.11 Å². The first-order valence-corrected chi connectivity index (χ1v) is 7.30. The van der Waals surface area contributed by atoms with Crippen molar-refractivity contribution in [2.75, 3.05) is 0 Å². The zero-order chi connectivity index (χ0) is 15.1. The fraction of sp³-hybridized carbons (Fsp3) is 0.222. The molecule has 1 atom stereocenters. The molecule has 0 fully saturated rings. The summed E-state index contributed by atoms with van der Waals surface area (Å²) in [6, 6.07) is 11.6. The summed E-state index contributed by atoms with van der Waals surface area (Å²) in [4.78, 5) is 0. The summed E-state index contributed by atoms with van der Waals surface area (Å²) in [6.45, 7) is 5.78. The lowest BCUT2D eigenvalue weighted by Gasteiger charge is -2.15. The third kappa shape index (κ3) is 2.25. The van der Waals surface area contributed by atoms with Gasteiger partial charge in [0.25, 0.3) is 0 Å². The van der Waals surface area contributed by atoms with Gasteiger partial charge in [0.1, 0.15) is 17.6 Å². The molecule has 1 N–H and O–H groups in total. The number of hydrogen-bond donors (Lipinski definition) is 1. The minimum absolute atomic E-state index is 0.693. The molecule has 0 saturated carbocycles. The van der Waals surface area contributed by atoms with Crippen molar-refractivity contribution in [2.45, 2.75) is 26.9 Å². The van der Waals surface area contributed by atoms with E-state index in [1.165, 1.54) is 0 Å². The van der Waals surface area contributed by atoms with Crippen LogP contribution < -0.4 is 0 Å². The highest BCUT2D eigenvalue weighted by Gasteiger charge is 2.22. The largest absolute Gasteiger partial charge is 0.466 e. The summed E-state index contributed by atoms with van der Waals surface area (Å²) in [5.41, 5.74) is 2.70. The molecule has 1 unspecified atom stereocenters. The number of aliphatic hydroxyl groups excluding tert-OH is 1. The molecule has 1 heterocycles. The number of aliphatic hydroxyl groups is 1. The van der Waals surface area contributed by atoms with Gasteiger partial charge in [-0.15, -0.1) is 0 Å². The fourth-order valence-electron chi connectivity index (χ4n) is 2.89. The maximum absolute atomic E-state index is 10.9. The first kappa shape index (κ1) is 14.2. The van der Waals surface area contributed by atoms with Crippen molar-refractivity contribution in [1.29, 1.82) is 0 Å². The Hall–Kier alpha value is -1.77. The van der Waals surface area contributed by atoms with Crippen LogP contribution in [-0.4, -0.2) is 5.11 Å². The van der Waals surface area contributed by atoms with Crippen LogP contribution in [-0.2, 0) is 0 Å². The summed E-state index contributed by atoms with van der Waals surface area (Å²) in [5.74, 6) is 1.61. The van der Waals surface area contributed by atoms with Gasteiger partial charge in [0, 0.05) is 16.0 Å². The van der Waals surface area contributed by atoms with Crippen LogP contribution in [0.1, 0.15) is 34.3 Å². The second-order valence-corrected chi connectivity index (χ2v) is 5.75. The summed E-state index contributed by atoms with van der Waals surface area (Å²) in [6.07, 6.45) is -0.718. The monoisotopic (exact) mass is 300 g/mol. The lowest BCUT2D eigenvalue weighted by atomic mass is 9.94. The van der Waals surface area contributed by atoms with Gasteiger partial charge in [0.15, 0.2) is 0 Å². The third-order valence-electron chi connectivity index (χ3n) is 4.09. The van der Waals surface area contributed by atoms with Crippen LogP contribution in [0.4, 0.5) is 0 Å². The van der Waals surface area contributed by atoms with Crippen molar-refractivity contribution in [2.24, 2.45) is 0 Å². The molecule has 3 heteroatoms. The number of fused-ring (bicyclic) bond motifs is 1. The predicted molar refractivity (Wildman–Crippen MR) is 85.9 cm³/mol. The van der Waals surface area contributed by atoms with Crippen molar-refractivity contribution in [3.05, 3.63) is 69.6 Å². The van der Waals surface area contributed by atoms with Gasteiger partial charge in [-0.3, -0.25) is 0 Å². The van der Waals surface area contributed by atoms with Crippen molar-refractivity contribution >= 4 is 22.4 Å². The van der Waals surface area contributed by atoms with E-state index in [0.717, 1.165) is 39.0 Å². The number of benzene rings is 2. The molecule has 3 rings (SSSR count). The van der Waals surface area contributed by atoms with E-state index in [-0.39, 0.29) is 0 Å². The van der Waals surface area contributed by atoms with Gasteiger partial charge in [0.05, 0.1) is 0 Å². The van der Waals surface area contributed by atoms with Crippen LogP contribution in [0, 0.1) is 20.8 Å². The average Bonchev–Trinajstić information content (AvgIpc) is 2.72. The highest BCUT2D eigenvalue weighted by molar-refractivity contribution is 6.35. The minimum atomic E-state index is -0.718. The first-order valence-electron chi connectivity index (χ1n) is 6.92.